The van der Waals surface area contributed by atoms with E-state index in [2.05, 4.69) is 34.4 Å². The van der Waals surface area contributed by atoms with E-state index in [0.29, 0.717) is 6.54 Å². The average Bonchev–Trinajstić information content (AvgIpc) is 3.22. The molecule has 0 fully saturated rings. The van der Waals surface area contributed by atoms with E-state index in [1.807, 2.05) is 36.4 Å². The number of aliphatic imine (C=N–C) groups is 1. The van der Waals surface area contributed by atoms with Crippen LogP contribution in [0.5, 0.6) is 5.75 Å². The van der Waals surface area contributed by atoms with Gasteiger partial charge in [0.2, 0.25) is 0 Å². The highest BCUT2D eigenvalue weighted by Crippen LogP contribution is 2.20. The molecular formula is C20H31IN4O2. The molecule has 2 aromatic rings. The lowest BCUT2D eigenvalue weighted by Crippen LogP contribution is -2.42. The second kappa shape index (κ2) is 12.6. The molecule has 0 aliphatic rings. The summed E-state index contributed by atoms with van der Waals surface area (Å²) in [5.41, 5.74) is 1.17. The van der Waals surface area contributed by atoms with Gasteiger partial charge >= 0.3 is 0 Å². The second-order valence-corrected chi connectivity index (χ2v) is 5.91. The summed E-state index contributed by atoms with van der Waals surface area (Å²) < 4.78 is 10.8. The maximum atomic E-state index is 5.64. The number of rotatable bonds is 9. The van der Waals surface area contributed by atoms with Crippen LogP contribution in [0.1, 0.15) is 31.2 Å². The average molecular weight is 486 g/mol. The minimum absolute atomic E-state index is 0. The van der Waals surface area contributed by atoms with Crippen molar-refractivity contribution in [3.63, 3.8) is 0 Å². The van der Waals surface area contributed by atoms with Gasteiger partial charge in [0.05, 0.1) is 19.4 Å². The number of ether oxygens (including phenoxy) is 1. The molecule has 0 amide bonds. The number of hydrogen-bond donors (Lipinski definition) is 2. The Labute approximate surface area is 179 Å². The summed E-state index contributed by atoms with van der Waals surface area (Å²) in [6.45, 7) is 7.66. The molecular weight excluding hydrogens is 455 g/mol. The summed E-state index contributed by atoms with van der Waals surface area (Å²) in [4.78, 5) is 6.69. The molecule has 0 aliphatic heterocycles. The quantitative estimate of drug-likeness (QED) is 0.322. The van der Waals surface area contributed by atoms with Gasteiger partial charge in [0.1, 0.15) is 11.5 Å². The topological polar surface area (TPSA) is 62.0 Å². The van der Waals surface area contributed by atoms with Crippen molar-refractivity contribution in [1.29, 1.82) is 0 Å². The van der Waals surface area contributed by atoms with Crippen molar-refractivity contribution in [3.05, 3.63) is 54.0 Å². The van der Waals surface area contributed by atoms with Crippen molar-refractivity contribution in [2.75, 3.05) is 33.8 Å². The van der Waals surface area contributed by atoms with Gasteiger partial charge in [0.25, 0.3) is 0 Å². The zero-order chi connectivity index (χ0) is 18.8. The molecule has 0 bridgehead atoms. The number of guanidine groups is 1. The molecule has 1 atom stereocenters. The number of nitrogens with one attached hydrogen (secondary N) is 2. The first-order valence-corrected chi connectivity index (χ1v) is 9.06. The summed E-state index contributed by atoms with van der Waals surface area (Å²) in [5, 5.41) is 6.76. The molecule has 1 aromatic heterocycles. The van der Waals surface area contributed by atoms with Crippen molar-refractivity contribution in [3.8, 4) is 5.75 Å². The normalized spacial score (nSPS) is 12.4. The van der Waals surface area contributed by atoms with Crippen LogP contribution in [-0.4, -0.2) is 44.7 Å². The number of halogens is 1. The Bertz CT molecular complexity index is 655. The molecule has 2 N–H and O–H groups in total. The third-order valence-electron chi connectivity index (χ3n) is 4.43. The molecule has 1 heterocycles. The lowest BCUT2D eigenvalue weighted by molar-refractivity contribution is 0.193. The Kier molecular flexibility index (Phi) is 10.9. The van der Waals surface area contributed by atoms with E-state index in [1.54, 1.807) is 20.4 Å². The molecule has 1 unspecified atom stereocenters. The van der Waals surface area contributed by atoms with E-state index in [1.165, 1.54) is 5.56 Å². The van der Waals surface area contributed by atoms with Crippen LogP contribution in [0.4, 0.5) is 0 Å². The third-order valence-corrected chi connectivity index (χ3v) is 4.43. The summed E-state index contributed by atoms with van der Waals surface area (Å²) >= 11 is 0. The molecule has 7 heteroatoms. The minimum atomic E-state index is 0. The van der Waals surface area contributed by atoms with E-state index in [9.17, 15) is 0 Å². The molecule has 150 valence electrons. The molecule has 0 aliphatic carbocycles. The predicted molar refractivity (Wildman–Crippen MR) is 121 cm³/mol. The van der Waals surface area contributed by atoms with Crippen molar-refractivity contribution in [2.24, 2.45) is 4.99 Å². The number of nitrogens with zero attached hydrogens (tertiary/aromatic N) is 2. The van der Waals surface area contributed by atoms with Crippen LogP contribution in [0.25, 0.3) is 0 Å². The lowest BCUT2D eigenvalue weighted by atomic mass is 10.2. The zero-order valence-corrected chi connectivity index (χ0v) is 18.9. The Balaban J connectivity index is 0.00000364. The van der Waals surface area contributed by atoms with E-state index in [0.717, 1.165) is 37.1 Å². The van der Waals surface area contributed by atoms with Gasteiger partial charge in [-0.2, -0.15) is 0 Å². The van der Waals surface area contributed by atoms with Crippen molar-refractivity contribution in [1.82, 2.24) is 15.5 Å². The van der Waals surface area contributed by atoms with Gasteiger partial charge in [0, 0.05) is 20.1 Å². The van der Waals surface area contributed by atoms with Gasteiger partial charge < -0.3 is 19.8 Å². The molecule has 0 radical (unpaired) electrons. The maximum Gasteiger partial charge on any atom is 0.191 e. The molecule has 27 heavy (non-hydrogen) atoms. The van der Waals surface area contributed by atoms with Crippen LogP contribution in [0.3, 0.4) is 0 Å². The molecule has 1 aromatic carbocycles. The fraction of sp³-hybridized carbons (Fsp3) is 0.450. The Morgan fingerprint density at radius 3 is 2.37 bits per heavy atom. The van der Waals surface area contributed by atoms with Crippen LogP contribution in [0.2, 0.25) is 0 Å². The second-order valence-electron chi connectivity index (χ2n) is 5.91. The lowest BCUT2D eigenvalue weighted by Gasteiger charge is -2.28. The summed E-state index contributed by atoms with van der Waals surface area (Å²) in [6.07, 6.45) is 1.72. The maximum absolute atomic E-state index is 5.64. The van der Waals surface area contributed by atoms with Crippen LogP contribution in [0, 0.1) is 0 Å². The number of hydrogen-bond acceptors (Lipinski definition) is 4. The van der Waals surface area contributed by atoms with E-state index in [4.69, 9.17) is 9.15 Å². The van der Waals surface area contributed by atoms with E-state index >= 15 is 0 Å². The summed E-state index contributed by atoms with van der Waals surface area (Å²) in [5.74, 6) is 2.59. The van der Waals surface area contributed by atoms with Gasteiger partial charge in [0.15, 0.2) is 5.96 Å². The van der Waals surface area contributed by atoms with Crippen LogP contribution in [-0.2, 0) is 6.54 Å². The van der Waals surface area contributed by atoms with Crippen molar-refractivity contribution < 1.29 is 9.15 Å². The number of likely N-dealkylation sites (N-methyl/N-ethyl adjacent to an activating group) is 1. The monoisotopic (exact) mass is 486 g/mol. The van der Waals surface area contributed by atoms with E-state index in [-0.39, 0.29) is 30.0 Å². The SMILES string of the molecule is CCN(CC)C(CNC(=NC)NCc1ccc(OC)cc1)c1ccco1.I. The highest BCUT2D eigenvalue weighted by atomic mass is 127. The largest absolute Gasteiger partial charge is 0.497 e. The Morgan fingerprint density at radius 1 is 1.15 bits per heavy atom. The van der Waals surface area contributed by atoms with Gasteiger partial charge in [-0.25, -0.2) is 0 Å². The molecule has 0 saturated heterocycles. The van der Waals surface area contributed by atoms with E-state index < -0.39 is 0 Å². The van der Waals surface area contributed by atoms with Crippen LogP contribution in [0.15, 0.2) is 52.1 Å². The first-order valence-electron chi connectivity index (χ1n) is 9.06. The number of methoxy groups -OCH3 is 1. The number of furan rings is 1. The van der Waals surface area contributed by atoms with Crippen LogP contribution >= 0.6 is 24.0 Å². The van der Waals surface area contributed by atoms with Gasteiger partial charge in [-0.15, -0.1) is 24.0 Å². The first kappa shape index (κ1) is 23.3. The molecule has 0 saturated carbocycles. The summed E-state index contributed by atoms with van der Waals surface area (Å²) in [6, 6.07) is 12.1. The highest BCUT2D eigenvalue weighted by molar-refractivity contribution is 14.0. The zero-order valence-electron chi connectivity index (χ0n) is 16.6. The molecule has 0 spiro atoms. The van der Waals surface area contributed by atoms with Gasteiger partial charge in [-0.3, -0.25) is 9.89 Å². The summed E-state index contributed by atoms with van der Waals surface area (Å²) in [7, 11) is 3.45. The Morgan fingerprint density at radius 2 is 1.85 bits per heavy atom. The Hall–Kier alpha value is -1.74. The van der Waals surface area contributed by atoms with Gasteiger partial charge in [-0.05, 0) is 42.9 Å². The fourth-order valence-corrected chi connectivity index (χ4v) is 2.90. The molecule has 6 nitrogen and oxygen atoms in total. The van der Waals surface area contributed by atoms with Gasteiger partial charge in [-0.1, -0.05) is 26.0 Å². The standard InChI is InChI=1S/C20H30N4O2.HI/c1-5-24(6-2)18(19-8-7-13-26-19)15-23-20(21-3)22-14-16-9-11-17(25-4)12-10-16;/h7-13,18H,5-6,14-15H2,1-4H3,(H2,21,22,23);1H. The third kappa shape index (κ3) is 7.06. The minimum Gasteiger partial charge on any atom is -0.497 e. The number of benzene rings is 1. The smallest absolute Gasteiger partial charge is 0.191 e. The van der Waals surface area contributed by atoms with Crippen LogP contribution < -0.4 is 15.4 Å². The first-order chi connectivity index (χ1) is 12.7. The van der Waals surface area contributed by atoms with Crippen molar-refractivity contribution in [2.45, 2.75) is 26.4 Å². The van der Waals surface area contributed by atoms with Crippen molar-refractivity contribution >= 4 is 29.9 Å². The molecule has 2 rings (SSSR count). The fourth-order valence-electron chi connectivity index (χ4n) is 2.90. The highest BCUT2D eigenvalue weighted by Gasteiger charge is 2.20. The predicted octanol–water partition coefficient (Wildman–Crippen LogP) is 3.65.